The Morgan fingerprint density at radius 1 is 1.10 bits per heavy atom. The summed E-state index contributed by atoms with van der Waals surface area (Å²) >= 11 is 1.34. The predicted molar refractivity (Wildman–Crippen MR) is 220 cm³/mol. The Labute approximate surface area is 345 Å². The van der Waals surface area contributed by atoms with Crippen molar-refractivity contribution < 1.29 is 46.9 Å². The number of nitrogens with zero attached hydrogens (tertiary/aromatic N) is 2. The van der Waals surface area contributed by atoms with E-state index in [-0.39, 0.29) is 41.3 Å². The van der Waals surface area contributed by atoms with E-state index in [0.29, 0.717) is 29.5 Å². The van der Waals surface area contributed by atoms with Crippen LogP contribution in [-0.2, 0) is 31.7 Å². The minimum Gasteiger partial charge on any atom is -0.483 e. The smallest absolute Gasteiger partial charge is 0.418 e. The first-order valence-electron chi connectivity index (χ1n) is 20.2. The number of nitrogens with one attached hydrogen (secondary N) is 3. The number of aromatic nitrogens is 1. The maximum absolute atomic E-state index is 14.2. The van der Waals surface area contributed by atoms with Gasteiger partial charge in [-0.1, -0.05) is 57.9 Å². The van der Waals surface area contributed by atoms with Crippen LogP contribution in [0.15, 0.2) is 30.4 Å². The van der Waals surface area contributed by atoms with Gasteiger partial charge in [-0.2, -0.15) is 13.2 Å². The molecule has 16 heteroatoms. The minimum atomic E-state index is -4.60. The van der Waals surface area contributed by atoms with E-state index in [0.717, 1.165) is 51.7 Å². The van der Waals surface area contributed by atoms with Crippen molar-refractivity contribution in [2.75, 3.05) is 20.2 Å². The summed E-state index contributed by atoms with van der Waals surface area (Å²) in [5, 5.41) is 12.7. The molecule has 2 unspecified atom stereocenters. The number of amides is 4. The number of halogens is 3. The molecule has 2 fully saturated rings. The molecule has 3 aliphatic rings. The lowest BCUT2D eigenvalue weighted by Crippen LogP contribution is -2.53. The molecule has 2 aliphatic heterocycles. The topological polar surface area (TPSA) is 159 Å². The van der Waals surface area contributed by atoms with Crippen molar-refractivity contribution in [3.8, 4) is 5.75 Å². The second-order valence-electron chi connectivity index (χ2n) is 15.9. The fourth-order valence-corrected chi connectivity index (χ4v) is 7.64. The number of benzene rings is 1. The van der Waals surface area contributed by atoms with Gasteiger partial charge in [0.1, 0.15) is 35.6 Å². The number of pyridine rings is 1. The lowest BCUT2D eigenvalue weighted by atomic mass is 9.86. The van der Waals surface area contributed by atoms with Crippen molar-refractivity contribution in [3.05, 3.63) is 47.2 Å². The number of hydrogen-bond acceptors (Lipinski definition) is 9. The zero-order valence-corrected chi connectivity index (χ0v) is 36.2. The molecule has 324 valence electrons. The van der Waals surface area contributed by atoms with Crippen LogP contribution < -0.4 is 20.1 Å². The van der Waals surface area contributed by atoms with Crippen molar-refractivity contribution in [1.29, 1.82) is 0 Å². The molecule has 1 aromatic heterocycles. The molecule has 1 aromatic carbocycles. The summed E-state index contributed by atoms with van der Waals surface area (Å²) in [4.78, 5) is 59.7. The lowest BCUT2D eigenvalue weighted by molar-refractivity contribution is -0.138. The number of para-hydroxylation sites is 1. The van der Waals surface area contributed by atoms with E-state index in [1.54, 1.807) is 33.8 Å². The zero-order valence-electron chi connectivity index (χ0n) is 35.4. The van der Waals surface area contributed by atoms with Crippen molar-refractivity contribution in [3.63, 3.8) is 0 Å². The highest BCUT2D eigenvalue weighted by atomic mass is 32.2. The van der Waals surface area contributed by atoms with Crippen LogP contribution in [0.5, 0.6) is 5.75 Å². The molecule has 58 heavy (non-hydrogen) atoms. The van der Waals surface area contributed by atoms with Crippen LogP contribution in [0.4, 0.5) is 18.0 Å². The van der Waals surface area contributed by atoms with Gasteiger partial charge in [-0.05, 0) is 97.6 Å². The molecule has 3 heterocycles. The number of aliphatic hydroxyl groups excluding tert-OH is 1. The molecule has 4 amide bonds. The van der Waals surface area contributed by atoms with E-state index < -0.39 is 59.5 Å². The summed E-state index contributed by atoms with van der Waals surface area (Å²) in [5.74, 6) is -1.15. The number of rotatable bonds is 13. The van der Waals surface area contributed by atoms with Crippen LogP contribution >= 0.6 is 11.9 Å². The monoisotopic (exact) mass is 837 g/mol. The van der Waals surface area contributed by atoms with Gasteiger partial charge in [0.05, 0.1) is 23.3 Å². The molecule has 3 atom stereocenters. The van der Waals surface area contributed by atoms with Crippen LogP contribution in [0.2, 0.25) is 0 Å². The van der Waals surface area contributed by atoms with Gasteiger partial charge in [-0.3, -0.25) is 19.1 Å². The van der Waals surface area contributed by atoms with Gasteiger partial charge in [0.25, 0.3) is 5.91 Å². The number of alkyl halides is 3. The average Bonchev–Trinajstić information content (AvgIpc) is 3.80. The summed E-state index contributed by atoms with van der Waals surface area (Å²) in [6.07, 6.45) is 5.37. The van der Waals surface area contributed by atoms with Gasteiger partial charge in [-0.25, -0.2) is 9.78 Å². The maximum atomic E-state index is 14.2. The van der Waals surface area contributed by atoms with Gasteiger partial charge in [0.15, 0.2) is 0 Å². The number of fused-ring (bicyclic) bond motifs is 3. The largest absolute Gasteiger partial charge is 0.483 e. The third-order valence-corrected chi connectivity index (χ3v) is 11.2. The van der Waals surface area contributed by atoms with Gasteiger partial charge in [-0.15, -0.1) is 0 Å². The molecule has 12 nitrogen and oxygen atoms in total. The molecule has 2 aromatic rings. The fraction of sp³-hybridized carbons (Fsp3) is 0.643. The van der Waals surface area contributed by atoms with Crippen LogP contribution in [0.1, 0.15) is 123 Å². The SMILES string of the molecule is CC.CCCCC/C=C\CC(NC(=O)C1C[C@]2(CCc3c(c(C)nc4c(C(F)(F)F)cccc34)O2)CN1C(=O)CNC(=O)OC(C)(C)C)C(=O)NSC1(C)CC1.CO. The number of likely N-dealkylation sites (tertiary alicyclic amines) is 1. The summed E-state index contributed by atoms with van der Waals surface area (Å²) in [7, 11) is 1.00. The number of unbranched alkanes of at least 4 members (excludes halogenated alkanes) is 3. The number of allylic oxidation sites excluding steroid dienone is 1. The van der Waals surface area contributed by atoms with E-state index in [1.165, 1.54) is 22.9 Å². The fourth-order valence-electron chi connectivity index (χ4n) is 6.85. The normalized spacial score (nSPS) is 19.8. The second kappa shape index (κ2) is 20.8. The van der Waals surface area contributed by atoms with E-state index in [4.69, 9.17) is 14.6 Å². The molecule has 4 N–H and O–H groups in total. The van der Waals surface area contributed by atoms with Gasteiger partial charge in [0, 0.05) is 29.2 Å². The maximum Gasteiger partial charge on any atom is 0.418 e. The summed E-state index contributed by atoms with van der Waals surface area (Å²) in [5.41, 5.74) is -2.05. The molecule has 1 saturated carbocycles. The number of aryl methyl sites for hydroxylation is 2. The van der Waals surface area contributed by atoms with Crippen LogP contribution in [0, 0.1) is 6.92 Å². The number of carbonyl (C=O) groups excluding carboxylic acids is 4. The zero-order chi connectivity index (χ0) is 43.5. The highest BCUT2D eigenvalue weighted by Gasteiger charge is 2.53. The van der Waals surface area contributed by atoms with Crippen molar-refractivity contribution in [2.24, 2.45) is 0 Å². The number of hydrogen-bond donors (Lipinski definition) is 4. The molecule has 1 aliphatic carbocycles. The highest BCUT2D eigenvalue weighted by Crippen LogP contribution is 2.47. The van der Waals surface area contributed by atoms with Crippen LogP contribution in [0.3, 0.4) is 0 Å². The number of ether oxygens (including phenoxy) is 2. The Bertz CT molecular complexity index is 1780. The molecular weight excluding hydrogens is 776 g/mol. The summed E-state index contributed by atoms with van der Waals surface area (Å²) in [6.45, 7) is 14.3. The van der Waals surface area contributed by atoms with Crippen LogP contribution in [-0.4, -0.2) is 87.0 Å². The standard InChI is InChI=1S/C39H52F3N5O6S.C2H6.CH4O/c1-7-8-9-10-11-12-16-28(33(49)46-54-37(6)19-20-37)45-34(50)29-21-38(23-47(29)30(48)22-43-35(51)53-36(3,4)5)18-17-26-25-14-13-15-27(39(40,41)42)31(25)44-24(2)32(26)52-38;2*1-2/h11-15,28-29H,7-10,16-23H2,1-6H3,(H,43,51)(H,45,50)(H,46,49);1-2H3;2H,1H3/b12-11-;;/t28?,29?,38-;;/m1../s1. The van der Waals surface area contributed by atoms with Crippen molar-refractivity contribution in [2.45, 2.75) is 154 Å². The van der Waals surface area contributed by atoms with Gasteiger partial charge in [0.2, 0.25) is 11.8 Å². The second-order valence-corrected chi connectivity index (χ2v) is 17.3. The summed E-state index contributed by atoms with van der Waals surface area (Å²) in [6, 6.07) is 1.93. The van der Waals surface area contributed by atoms with Crippen molar-refractivity contribution in [1.82, 2.24) is 25.2 Å². The first-order chi connectivity index (χ1) is 27.3. The van der Waals surface area contributed by atoms with Gasteiger partial charge < -0.3 is 30.1 Å². The Balaban J connectivity index is 0.00000218. The number of aliphatic hydroxyl groups is 1. The van der Waals surface area contributed by atoms with E-state index in [2.05, 4.69) is 34.2 Å². The Morgan fingerprint density at radius 3 is 2.41 bits per heavy atom. The third-order valence-electron chi connectivity index (χ3n) is 10.0. The van der Waals surface area contributed by atoms with E-state index >= 15 is 0 Å². The van der Waals surface area contributed by atoms with Gasteiger partial charge >= 0.3 is 12.3 Å². The highest BCUT2D eigenvalue weighted by molar-refractivity contribution is 7.99. The quantitative estimate of drug-likeness (QED) is 0.0901. The van der Waals surface area contributed by atoms with E-state index in [1.807, 2.05) is 26.0 Å². The van der Waals surface area contributed by atoms with E-state index in [9.17, 15) is 32.3 Å². The minimum absolute atomic E-state index is 0.0381. The Hall–Kier alpha value is -4.05. The van der Waals surface area contributed by atoms with Crippen LogP contribution in [0.25, 0.3) is 10.9 Å². The Kier molecular flexibility index (Phi) is 17.3. The summed E-state index contributed by atoms with van der Waals surface area (Å²) < 4.78 is 56.5. The first-order valence-corrected chi connectivity index (χ1v) is 21.0. The molecule has 0 radical (unpaired) electrons. The molecule has 5 rings (SSSR count). The van der Waals surface area contributed by atoms with Crippen molar-refractivity contribution >= 4 is 46.7 Å². The first kappa shape index (κ1) is 48.3. The predicted octanol–water partition coefficient (Wildman–Crippen LogP) is 7.71. The molecule has 1 spiro atoms. The molecular formula is C42H62F3N5O7S. The third kappa shape index (κ3) is 13.0. The number of alkyl carbamates (subject to hydrolysis) is 1. The number of carbonyl (C=O) groups is 4. The lowest BCUT2D eigenvalue weighted by Gasteiger charge is -2.36. The molecule has 0 bridgehead atoms. The molecule has 1 saturated heterocycles. The Morgan fingerprint density at radius 2 is 1.79 bits per heavy atom. The average molecular weight is 838 g/mol.